The fourth-order valence-electron chi connectivity index (χ4n) is 6.00. The molecule has 0 spiro atoms. The van der Waals surface area contributed by atoms with E-state index < -0.39 is 62.3 Å². The number of carboxylic acid groups (broad SMARTS) is 2. The Labute approximate surface area is 285 Å². The Hall–Kier alpha value is -4.50. The number of rotatable bonds is 12. The van der Waals surface area contributed by atoms with Gasteiger partial charge in [0.05, 0.1) is 6.61 Å². The van der Waals surface area contributed by atoms with Gasteiger partial charge in [0.15, 0.2) is 0 Å². The zero-order valence-electron chi connectivity index (χ0n) is 28.1. The van der Waals surface area contributed by atoms with Crippen molar-refractivity contribution in [3.63, 3.8) is 0 Å². The second-order valence-corrected chi connectivity index (χ2v) is 17.8. The number of halogens is 6. The van der Waals surface area contributed by atoms with E-state index in [1.54, 1.807) is 24.3 Å². The van der Waals surface area contributed by atoms with Crippen molar-refractivity contribution in [2.75, 3.05) is 0 Å². The molecule has 272 valence electrons. The van der Waals surface area contributed by atoms with Gasteiger partial charge in [-0.1, -0.05) is 84.0 Å². The first-order valence-corrected chi connectivity index (χ1v) is 17.6. The van der Waals surface area contributed by atoms with E-state index in [0.717, 1.165) is 23.3 Å². The zero-order chi connectivity index (χ0) is 37.6. The standard InChI is InChI=1S/C19H13F3O4.C16H25F3O4Si/c20-19(21,22)17-14(10-16(26-17)18(23)24)11-25-15-8-6-13(7-9-15)12-4-2-1-3-5-12;1-9(2)24(10(3)4,11(5)6)22-8-12-7-13(15(20)21)23-14(12)16(17,18)19/h1-10H,11H2,(H,23,24);7,9-11H,8H2,1-6H3,(H,20,21). The van der Waals surface area contributed by atoms with Crippen LogP contribution in [-0.2, 0) is 30.0 Å². The number of hydrogen-bond acceptors (Lipinski definition) is 6. The van der Waals surface area contributed by atoms with Gasteiger partial charge in [-0.2, -0.15) is 26.3 Å². The lowest BCUT2D eigenvalue weighted by Gasteiger charge is -2.42. The summed E-state index contributed by atoms with van der Waals surface area (Å²) in [6, 6.07) is 18.1. The van der Waals surface area contributed by atoms with Crippen LogP contribution in [-0.4, -0.2) is 30.5 Å². The maximum atomic E-state index is 13.1. The minimum absolute atomic E-state index is 0.206. The number of alkyl halides is 6. The fraction of sp³-hybridized carbons (Fsp3) is 0.371. The number of furan rings is 2. The molecule has 0 radical (unpaired) electrons. The molecule has 0 saturated carbocycles. The van der Waals surface area contributed by atoms with Gasteiger partial charge < -0.3 is 28.2 Å². The van der Waals surface area contributed by atoms with Gasteiger partial charge in [-0.15, -0.1) is 0 Å². The molecule has 2 aromatic heterocycles. The number of benzene rings is 2. The van der Waals surface area contributed by atoms with Gasteiger partial charge in [0.2, 0.25) is 31.4 Å². The average molecular weight is 729 g/mol. The van der Waals surface area contributed by atoms with Crippen molar-refractivity contribution in [2.45, 2.75) is 83.7 Å². The van der Waals surface area contributed by atoms with E-state index >= 15 is 0 Å². The predicted molar refractivity (Wildman–Crippen MR) is 173 cm³/mol. The molecule has 0 atom stereocenters. The molecule has 4 rings (SSSR count). The summed E-state index contributed by atoms with van der Waals surface area (Å²) in [4.78, 5) is 21.8. The molecule has 4 aromatic rings. The molecule has 0 saturated heterocycles. The van der Waals surface area contributed by atoms with E-state index in [1.807, 2.05) is 71.9 Å². The van der Waals surface area contributed by atoms with Gasteiger partial charge in [0.1, 0.15) is 12.4 Å². The average Bonchev–Trinajstić information content (AvgIpc) is 3.67. The normalized spacial score (nSPS) is 12.3. The van der Waals surface area contributed by atoms with Crippen LogP contribution in [0, 0.1) is 0 Å². The first kappa shape index (κ1) is 39.9. The molecule has 0 amide bonds. The van der Waals surface area contributed by atoms with E-state index in [4.69, 9.17) is 19.4 Å². The summed E-state index contributed by atoms with van der Waals surface area (Å²) in [5, 5.41) is 17.7. The third-order valence-corrected chi connectivity index (χ3v) is 14.2. The molecule has 2 heterocycles. The van der Waals surface area contributed by atoms with Crippen LogP contribution in [0.1, 0.15) is 85.3 Å². The summed E-state index contributed by atoms with van der Waals surface area (Å²) < 4.78 is 98.5. The molecule has 15 heteroatoms. The molecule has 2 aromatic carbocycles. The van der Waals surface area contributed by atoms with Crippen molar-refractivity contribution in [3.8, 4) is 16.9 Å². The first-order chi connectivity index (χ1) is 23.2. The van der Waals surface area contributed by atoms with E-state index in [1.165, 1.54) is 0 Å². The molecule has 0 aliphatic carbocycles. The number of carbonyl (C=O) groups is 2. The van der Waals surface area contributed by atoms with Crippen LogP contribution < -0.4 is 4.74 Å². The maximum Gasteiger partial charge on any atom is 0.449 e. The summed E-state index contributed by atoms with van der Waals surface area (Å²) >= 11 is 0. The molecule has 50 heavy (non-hydrogen) atoms. The summed E-state index contributed by atoms with van der Waals surface area (Å²) in [5.41, 5.74) is 1.92. The highest BCUT2D eigenvalue weighted by atomic mass is 28.4. The fourth-order valence-corrected chi connectivity index (χ4v) is 11.4. The highest BCUT2D eigenvalue weighted by molar-refractivity contribution is 6.77. The van der Waals surface area contributed by atoms with Crippen molar-refractivity contribution in [2.24, 2.45) is 0 Å². The largest absolute Gasteiger partial charge is 0.489 e. The number of hydrogen-bond donors (Lipinski definition) is 2. The van der Waals surface area contributed by atoms with Crippen molar-refractivity contribution in [3.05, 3.63) is 101 Å². The van der Waals surface area contributed by atoms with Crippen molar-refractivity contribution in [1.82, 2.24) is 0 Å². The van der Waals surface area contributed by atoms with E-state index in [2.05, 4.69) is 8.83 Å². The number of aromatic carboxylic acids is 2. The lowest BCUT2D eigenvalue weighted by molar-refractivity contribution is -0.155. The second-order valence-electron chi connectivity index (χ2n) is 12.3. The minimum Gasteiger partial charge on any atom is -0.489 e. The van der Waals surface area contributed by atoms with Crippen molar-refractivity contribution >= 4 is 20.3 Å². The number of ether oxygens (including phenoxy) is 1. The van der Waals surface area contributed by atoms with Crippen LogP contribution in [0.4, 0.5) is 26.3 Å². The van der Waals surface area contributed by atoms with Gasteiger partial charge in [0, 0.05) is 11.1 Å². The lowest BCUT2D eigenvalue weighted by atomic mass is 10.1. The Balaban J connectivity index is 0.000000272. The van der Waals surface area contributed by atoms with Gasteiger partial charge in [-0.05, 0) is 52.0 Å². The van der Waals surface area contributed by atoms with Gasteiger partial charge >= 0.3 is 24.3 Å². The molecule has 2 N–H and O–H groups in total. The SMILES string of the molecule is CC(C)[Si](OCc1cc(C(=O)O)oc1C(F)(F)F)(C(C)C)C(C)C.O=C(O)c1cc(COc2ccc(-c3ccccc3)cc2)c(C(F)(F)F)o1. The highest BCUT2D eigenvalue weighted by Crippen LogP contribution is 2.44. The van der Waals surface area contributed by atoms with Crippen LogP contribution in [0.15, 0.2) is 75.6 Å². The monoisotopic (exact) mass is 728 g/mol. The Morgan fingerprint density at radius 2 is 1.06 bits per heavy atom. The quantitative estimate of drug-likeness (QED) is 0.109. The predicted octanol–water partition coefficient (Wildman–Crippen LogP) is 10.9. The van der Waals surface area contributed by atoms with E-state index in [9.17, 15) is 35.9 Å². The summed E-state index contributed by atoms with van der Waals surface area (Å²) in [6.07, 6.45) is -9.56. The van der Waals surface area contributed by atoms with Crippen LogP contribution >= 0.6 is 0 Å². The second kappa shape index (κ2) is 16.0. The van der Waals surface area contributed by atoms with Gasteiger partial charge in [-0.3, -0.25) is 0 Å². The Kier molecular flexibility index (Phi) is 12.8. The third kappa shape index (κ3) is 9.59. The van der Waals surface area contributed by atoms with Gasteiger partial charge in [-0.25, -0.2) is 9.59 Å². The smallest absolute Gasteiger partial charge is 0.449 e. The molecule has 0 bridgehead atoms. The van der Waals surface area contributed by atoms with Crippen LogP contribution in [0.3, 0.4) is 0 Å². The molecule has 0 aliphatic rings. The summed E-state index contributed by atoms with van der Waals surface area (Å²) in [5.74, 6) is -6.92. The molecular formula is C35H38F6O8Si. The maximum absolute atomic E-state index is 13.1. The zero-order valence-corrected chi connectivity index (χ0v) is 29.1. The summed E-state index contributed by atoms with van der Waals surface area (Å²) in [6.45, 7) is 11.4. The van der Waals surface area contributed by atoms with Crippen LogP contribution in [0.25, 0.3) is 11.1 Å². The molecular weight excluding hydrogens is 690 g/mol. The number of carboxylic acids is 2. The van der Waals surface area contributed by atoms with E-state index in [0.29, 0.717) is 5.75 Å². The Morgan fingerprint density at radius 3 is 1.44 bits per heavy atom. The van der Waals surface area contributed by atoms with E-state index in [-0.39, 0.29) is 34.4 Å². The van der Waals surface area contributed by atoms with Crippen LogP contribution in [0.5, 0.6) is 5.75 Å². The Bertz CT molecular complexity index is 1700. The van der Waals surface area contributed by atoms with Crippen molar-refractivity contribution in [1.29, 1.82) is 0 Å². The third-order valence-electron chi connectivity index (χ3n) is 8.10. The molecule has 0 aliphatic heterocycles. The first-order valence-electron chi connectivity index (χ1n) is 15.5. The molecule has 0 unspecified atom stereocenters. The van der Waals surface area contributed by atoms with Crippen LogP contribution in [0.2, 0.25) is 16.6 Å². The van der Waals surface area contributed by atoms with Crippen molar-refractivity contribution < 1.29 is 64.1 Å². The Morgan fingerprint density at radius 1 is 0.660 bits per heavy atom. The van der Waals surface area contributed by atoms with Gasteiger partial charge in [0.25, 0.3) is 0 Å². The minimum atomic E-state index is -4.80. The summed E-state index contributed by atoms with van der Waals surface area (Å²) in [7, 11) is -2.37. The molecule has 8 nitrogen and oxygen atoms in total. The topological polar surface area (TPSA) is 119 Å². The highest BCUT2D eigenvalue weighted by Gasteiger charge is 2.46. The lowest BCUT2D eigenvalue weighted by Crippen LogP contribution is -2.47. The molecule has 0 fully saturated rings.